The summed E-state index contributed by atoms with van der Waals surface area (Å²) in [5.41, 5.74) is 0. The van der Waals surface area contributed by atoms with Crippen LogP contribution in [0.2, 0.25) is 5.02 Å². The molecule has 1 aliphatic rings. The molecular formula is C12H17ClN2O. The van der Waals surface area contributed by atoms with Gasteiger partial charge in [0, 0.05) is 18.5 Å². The van der Waals surface area contributed by atoms with Crippen molar-refractivity contribution in [2.75, 3.05) is 19.7 Å². The second kappa shape index (κ2) is 6.06. The molecule has 1 atom stereocenters. The smallest absolute Gasteiger partial charge is 0.140 e. The minimum absolute atomic E-state index is 0.587. The van der Waals surface area contributed by atoms with Crippen LogP contribution in [0.4, 0.5) is 0 Å². The molecule has 1 aromatic rings. The van der Waals surface area contributed by atoms with Crippen LogP contribution in [0.25, 0.3) is 0 Å². The lowest BCUT2D eigenvalue weighted by molar-refractivity contribution is 0.254. The first-order valence-corrected chi connectivity index (χ1v) is 6.17. The van der Waals surface area contributed by atoms with Gasteiger partial charge in [-0.2, -0.15) is 0 Å². The van der Waals surface area contributed by atoms with Crippen LogP contribution in [0.1, 0.15) is 19.3 Å². The summed E-state index contributed by atoms with van der Waals surface area (Å²) >= 11 is 5.95. The summed E-state index contributed by atoms with van der Waals surface area (Å²) in [6.45, 7) is 3.01. The first-order valence-electron chi connectivity index (χ1n) is 5.79. The van der Waals surface area contributed by atoms with Crippen LogP contribution in [0, 0.1) is 5.92 Å². The van der Waals surface area contributed by atoms with E-state index in [9.17, 15) is 0 Å². The van der Waals surface area contributed by atoms with Crippen LogP contribution in [0.5, 0.6) is 5.75 Å². The monoisotopic (exact) mass is 240 g/mol. The molecular weight excluding hydrogens is 224 g/mol. The first-order chi connectivity index (χ1) is 7.86. The van der Waals surface area contributed by atoms with Crippen molar-refractivity contribution in [2.24, 2.45) is 5.92 Å². The molecule has 0 aromatic carbocycles. The highest BCUT2D eigenvalue weighted by Gasteiger charge is 2.12. The molecule has 0 amide bonds. The molecule has 3 nitrogen and oxygen atoms in total. The van der Waals surface area contributed by atoms with Crippen molar-refractivity contribution in [3.63, 3.8) is 0 Å². The van der Waals surface area contributed by atoms with Gasteiger partial charge < -0.3 is 10.1 Å². The highest BCUT2D eigenvalue weighted by molar-refractivity contribution is 6.31. The number of aromatic nitrogens is 1. The summed E-state index contributed by atoms with van der Waals surface area (Å²) in [5.74, 6) is 1.48. The number of rotatable bonds is 4. The highest BCUT2D eigenvalue weighted by atomic mass is 35.5. The fourth-order valence-electron chi connectivity index (χ4n) is 1.99. The lowest BCUT2D eigenvalue weighted by Crippen LogP contribution is -2.30. The van der Waals surface area contributed by atoms with Gasteiger partial charge in [-0.1, -0.05) is 11.6 Å². The van der Waals surface area contributed by atoms with Crippen molar-refractivity contribution in [3.05, 3.63) is 23.5 Å². The van der Waals surface area contributed by atoms with Crippen LogP contribution in [0.15, 0.2) is 18.5 Å². The average Bonchev–Trinajstić information content (AvgIpc) is 2.33. The predicted molar refractivity (Wildman–Crippen MR) is 65.0 cm³/mol. The fraction of sp³-hybridized carbons (Fsp3) is 0.583. The molecule has 1 N–H and O–H groups in total. The largest absolute Gasteiger partial charge is 0.492 e. The van der Waals surface area contributed by atoms with Gasteiger partial charge in [-0.25, -0.2) is 0 Å². The average molecular weight is 241 g/mol. The normalized spacial score (nSPS) is 20.7. The van der Waals surface area contributed by atoms with Crippen LogP contribution in [0.3, 0.4) is 0 Å². The predicted octanol–water partition coefficient (Wildman–Crippen LogP) is 2.50. The van der Waals surface area contributed by atoms with E-state index < -0.39 is 0 Å². The third-order valence-electron chi connectivity index (χ3n) is 2.92. The van der Waals surface area contributed by atoms with Gasteiger partial charge in [-0.15, -0.1) is 0 Å². The molecule has 0 radical (unpaired) electrons. The summed E-state index contributed by atoms with van der Waals surface area (Å²) in [6, 6.07) is 1.81. The van der Waals surface area contributed by atoms with Gasteiger partial charge in [0.05, 0.1) is 6.61 Å². The fourth-order valence-corrected chi connectivity index (χ4v) is 2.16. The molecule has 1 aliphatic heterocycles. The van der Waals surface area contributed by atoms with Crippen molar-refractivity contribution >= 4 is 11.6 Å². The Morgan fingerprint density at radius 1 is 1.56 bits per heavy atom. The maximum Gasteiger partial charge on any atom is 0.140 e. The second-order valence-electron chi connectivity index (χ2n) is 4.16. The van der Waals surface area contributed by atoms with Crippen molar-refractivity contribution in [1.29, 1.82) is 0 Å². The topological polar surface area (TPSA) is 34.1 Å². The summed E-state index contributed by atoms with van der Waals surface area (Å²) in [6.07, 6.45) is 6.98. The second-order valence-corrected chi connectivity index (χ2v) is 4.56. The van der Waals surface area contributed by atoms with Gasteiger partial charge in [0.15, 0.2) is 0 Å². The summed E-state index contributed by atoms with van der Waals surface area (Å²) < 4.78 is 5.64. The number of pyridine rings is 1. The number of hydrogen-bond acceptors (Lipinski definition) is 3. The van der Waals surface area contributed by atoms with Crippen LogP contribution in [-0.4, -0.2) is 24.7 Å². The SMILES string of the molecule is Clc1cnccc1OCCC1CCCNC1. The third kappa shape index (κ3) is 3.35. The molecule has 2 heterocycles. The Balaban J connectivity index is 1.73. The van der Waals surface area contributed by atoms with Gasteiger partial charge in [-0.05, 0) is 38.3 Å². The molecule has 1 unspecified atom stereocenters. The quantitative estimate of drug-likeness (QED) is 0.878. The molecule has 1 fully saturated rings. The van der Waals surface area contributed by atoms with Gasteiger partial charge in [0.25, 0.3) is 0 Å². The maximum absolute atomic E-state index is 5.95. The van der Waals surface area contributed by atoms with E-state index in [2.05, 4.69) is 10.3 Å². The zero-order valence-electron chi connectivity index (χ0n) is 9.29. The Morgan fingerprint density at radius 2 is 2.50 bits per heavy atom. The van der Waals surface area contributed by atoms with E-state index >= 15 is 0 Å². The first kappa shape index (κ1) is 11.7. The number of ether oxygens (including phenoxy) is 1. The number of nitrogens with one attached hydrogen (secondary N) is 1. The van der Waals surface area contributed by atoms with Gasteiger partial charge >= 0.3 is 0 Å². The van der Waals surface area contributed by atoms with Crippen molar-refractivity contribution in [1.82, 2.24) is 10.3 Å². The van der Waals surface area contributed by atoms with Crippen molar-refractivity contribution in [2.45, 2.75) is 19.3 Å². The third-order valence-corrected chi connectivity index (χ3v) is 3.20. The summed E-state index contributed by atoms with van der Waals surface area (Å²) in [7, 11) is 0. The molecule has 2 rings (SSSR count). The number of piperidine rings is 1. The number of nitrogens with zero attached hydrogens (tertiary/aromatic N) is 1. The van der Waals surface area contributed by atoms with Gasteiger partial charge in [0.1, 0.15) is 10.8 Å². The molecule has 88 valence electrons. The van der Waals surface area contributed by atoms with Crippen molar-refractivity contribution in [3.8, 4) is 5.75 Å². The summed E-state index contributed by atoms with van der Waals surface area (Å²) in [4.78, 5) is 3.92. The molecule has 16 heavy (non-hydrogen) atoms. The molecule has 0 aliphatic carbocycles. The highest BCUT2D eigenvalue weighted by Crippen LogP contribution is 2.23. The zero-order chi connectivity index (χ0) is 11.2. The van der Waals surface area contributed by atoms with E-state index in [-0.39, 0.29) is 0 Å². The van der Waals surface area contributed by atoms with Gasteiger partial charge in [-0.3, -0.25) is 4.98 Å². The van der Waals surface area contributed by atoms with Crippen LogP contribution >= 0.6 is 11.6 Å². The van der Waals surface area contributed by atoms with E-state index in [4.69, 9.17) is 16.3 Å². The molecule has 0 bridgehead atoms. The lowest BCUT2D eigenvalue weighted by atomic mass is 9.97. The maximum atomic E-state index is 5.95. The Hall–Kier alpha value is -0.800. The Bertz CT molecular complexity index is 327. The lowest BCUT2D eigenvalue weighted by Gasteiger charge is -2.22. The molecule has 1 aromatic heterocycles. The van der Waals surface area contributed by atoms with E-state index in [1.165, 1.54) is 12.8 Å². The standard InChI is InChI=1S/C12H17ClN2O/c13-11-9-15-6-3-12(11)16-7-4-10-2-1-5-14-8-10/h3,6,9-10,14H,1-2,4-5,7-8H2. The molecule has 0 spiro atoms. The minimum Gasteiger partial charge on any atom is -0.492 e. The molecule has 1 saturated heterocycles. The zero-order valence-corrected chi connectivity index (χ0v) is 10.0. The Morgan fingerprint density at radius 3 is 3.25 bits per heavy atom. The van der Waals surface area contributed by atoms with E-state index in [0.717, 1.165) is 37.8 Å². The van der Waals surface area contributed by atoms with E-state index in [0.29, 0.717) is 5.02 Å². The number of halogens is 1. The Kier molecular flexibility index (Phi) is 4.43. The number of hydrogen-bond donors (Lipinski definition) is 1. The van der Waals surface area contributed by atoms with E-state index in [1.54, 1.807) is 18.5 Å². The summed E-state index contributed by atoms with van der Waals surface area (Å²) in [5, 5.41) is 3.99. The van der Waals surface area contributed by atoms with Gasteiger partial charge in [0.2, 0.25) is 0 Å². The van der Waals surface area contributed by atoms with Crippen LogP contribution in [-0.2, 0) is 0 Å². The van der Waals surface area contributed by atoms with Crippen LogP contribution < -0.4 is 10.1 Å². The molecule has 4 heteroatoms. The van der Waals surface area contributed by atoms with E-state index in [1.807, 2.05) is 0 Å². The minimum atomic E-state index is 0.587. The Labute approximate surface area is 101 Å². The molecule has 0 saturated carbocycles. The van der Waals surface area contributed by atoms with Crippen molar-refractivity contribution < 1.29 is 4.74 Å².